The Balaban J connectivity index is 1.54. The van der Waals surface area contributed by atoms with Gasteiger partial charge in [-0.15, -0.1) is 0 Å². The van der Waals surface area contributed by atoms with Crippen molar-refractivity contribution in [2.45, 2.75) is 84.0 Å². The SMILES string of the molecule is CCCCCCCC1CCC(CCCOc2ccc(C#N)cc2F)CC1. The zero-order chi connectivity index (χ0) is 18.6. The van der Waals surface area contributed by atoms with Crippen LogP contribution in [-0.4, -0.2) is 6.61 Å². The largest absolute Gasteiger partial charge is 0.491 e. The zero-order valence-electron chi connectivity index (χ0n) is 16.3. The van der Waals surface area contributed by atoms with E-state index in [2.05, 4.69) is 6.92 Å². The molecule has 1 fully saturated rings. The second-order valence-corrected chi connectivity index (χ2v) is 7.84. The van der Waals surface area contributed by atoms with Gasteiger partial charge in [0.1, 0.15) is 0 Å². The molecule has 144 valence electrons. The monoisotopic (exact) mass is 359 g/mol. The van der Waals surface area contributed by atoms with Gasteiger partial charge in [-0.2, -0.15) is 5.26 Å². The number of halogens is 1. The summed E-state index contributed by atoms with van der Waals surface area (Å²) in [6, 6.07) is 6.32. The van der Waals surface area contributed by atoms with Crippen molar-refractivity contribution in [3.63, 3.8) is 0 Å². The fourth-order valence-electron chi connectivity index (χ4n) is 4.09. The van der Waals surface area contributed by atoms with E-state index in [9.17, 15) is 4.39 Å². The predicted molar refractivity (Wildman–Crippen MR) is 105 cm³/mol. The molecule has 0 spiro atoms. The molecule has 2 nitrogen and oxygen atoms in total. The van der Waals surface area contributed by atoms with Crippen LogP contribution in [0.5, 0.6) is 5.75 Å². The molecule has 0 aromatic heterocycles. The molecule has 1 aliphatic carbocycles. The molecule has 0 aliphatic heterocycles. The molecule has 1 aromatic rings. The molecule has 0 N–H and O–H groups in total. The molecule has 0 atom stereocenters. The smallest absolute Gasteiger partial charge is 0.166 e. The highest BCUT2D eigenvalue weighted by molar-refractivity contribution is 5.35. The molecule has 0 bridgehead atoms. The Morgan fingerprint density at radius 2 is 1.65 bits per heavy atom. The number of ether oxygens (including phenoxy) is 1. The maximum absolute atomic E-state index is 13.8. The molecule has 0 heterocycles. The van der Waals surface area contributed by atoms with Crippen LogP contribution in [0, 0.1) is 29.0 Å². The van der Waals surface area contributed by atoms with Crippen LogP contribution in [0.25, 0.3) is 0 Å². The van der Waals surface area contributed by atoms with Crippen molar-refractivity contribution >= 4 is 0 Å². The van der Waals surface area contributed by atoms with Crippen molar-refractivity contribution in [1.29, 1.82) is 5.26 Å². The summed E-state index contributed by atoms with van der Waals surface area (Å²) in [4.78, 5) is 0. The molecule has 1 aliphatic rings. The van der Waals surface area contributed by atoms with Gasteiger partial charge in [0.2, 0.25) is 0 Å². The highest BCUT2D eigenvalue weighted by Gasteiger charge is 2.20. The average molecular weight is 360 g/mol. The molecule has 3 heteroatoms. The minimum Gasteiger partial charge on any atom is -0.491 e. The Bertz CT molecular complexity index is 558. The van der Waals surface area contributed by atoms with Crippen LogP contribution in [0.3, 0.4) is 0 Å². The minimum atomic E-state index is -0.441. The summed E-state index contributed by atoms with van der Waals surface area (Å²) in [5.74, 6) is 1.59. The van der Waals surface area contributed by atoms with E-state index in [4.69, 9.17) is 10.00 Å². The molecule has 1 saturated carbocycles. The fraction of sp³-hybridized carbons (Fsp3) is 0.696. The first-order valence-corrected chi connectivity index (χ1v) is 10.6. The lowest BCUT2D eigenvalue weighted by Crippen LogP contribution is -2.15. The van der Waals surface area contributed by atoms with Crippen LogP contribution in [0.1, 0.15) is 89.5 Å². The second-order valence-electron chi connectivity index (χ2n) is 7.84. The molecule has 0 saturated heterocycles. The lowest BCUT2D eigenvalue weighted by Gasteiger charge is -2.28. The van der Waals surface area contributed by atoms with Gasteiger partial charge >= 0.3 is 0 Å². The van der Waals surface area contributed by atoms with Crippen molar-refractivity contribution in [2.24, 2.45) is 11.8 Å². The van der Waals surface area contributed by atoms with Crippen molar-refractivity contribution < 1.29 is 9.13 Å². The summed E-state index contributed by atoms with van der Waals surface area (Å²) in [5, 5.41) is 8.75. The number of unbranched alkanes of at least 4 members (excludes halogenated alkanes) is 4. The maximum atomic E-state index is 13.8. The predicted octanol–water partition coefficient (Wildman–Crippen LogP) is 7.02. The lowest BCUT2D eigenvalue weighted by molar-refractivity contribution is 0.225. The van der Waals surface area contributed by atoms with Gasteiger partial charge in [0.15, 0.2) is 11.6 Å². The van der Waals surface area contributed by atoms with Crippen LogP contribution in [-0.2, 0) is 0 Å². The van der Waals surface area contributed by atoms with Crippen LogP contribution >= 0.6 is 0 Å². The zero-order valence-corrected chi connectivity index (χ0v) is 16.3. The number of nitriles is 1. The van der Waals surface area contributed by atoms with E-state index in [1.54, 1.807) is 12.1 Å². The summed E-state index contributed by atoms with van der Waals surface area (Å²) in [5.41, 5.74) is 0.331. The quantitative estimate of drug-likeness (QED) is 0.398. The van der Waals surface area contributed by atoms with Crippen molar-refractivity contribution in [2.75, 3.05) is 6.61 Å². The van der Waals surface area contributed by atoms with Gasteiger partial charge < -0.3 is 4.74 Å². The van der Waals surface area contributed by atoms with Gasteiger partial charge in [-0.1, -0.05) is 71.1 Å². The van der Waals surface area contributed by atoms with Gasteiger partial charge in [0.05, 0.1) is 18.2 Å². The number of hydrogen-bond donors (Lipinski definition) is 0. The third-order valence-electron chi connectivity index (χ3n) is 5.76. The Labute approximate surface area is 158 Å². The van der Waals surface area contributed by atoms with Crippen molar-refractivity contribution in [3.8, 4) is 11.8 Å². The number of rotatable bonds is 11. The molecular weight excluding hydrogens is 325 g/mol. The van der Waals surface area contributed by atoms with Gasteiger partial charge in [-0.25, -0.2) is 4.39 Å². The molecule has 26 heavy (non-hydrogen) atoms. The summed E-state index contributed by atoms with van der Waals surface area (Å²) in [6.07, 6.45) is 16.0. The van der Waals surface area contributed by atoms with E-state index in [1.165, 1.54) is 76.7 Å². The lowest BCUT2D eigenvalue weighted by atomic mass is 9.78. The van der Waals surface area contributed by atoms with Crippen LogP contribution in [0.4, 0.5) is 4.39 Å². The summed E-state index contributed by atoms with van der Waals surface area (Å²) in [6.45, 7) is 2.83. The fourth-order valence-corrected chi connectivity index (χ4v) is 4.09. The maximum Gasteiger partial charge on any atom is 0.166 e. The summed E-state index contributed by atoms with van der Waals surface area (Å²) in [7, 11) is 0. The van der Waals surface area contributed by atoms with Crippen LogP contribution in [0.15, 0.2) is 18.2 Å². The third-order valence-corrected chi connectivity index (χ3v) is 5.76. The standard InChI is InChI=1S/C23H34FNO/c1-2-3-4-5-6-8-19-10-12-20(13-11-19)9-7-16-26-23-15-14-21(18-25)17-22(23)24/h14-15,17,19-20H,2-13,16H2,1H3. The topological polar surface area (TPSA) is 33.0 Å². The molecule has 0 unspecified atom stereocenters. The normalized spacial score (nSPS) is 19.9. The van der Waals surface area contributed by atoms with E-state index in [0.29, 0.717) is 12.2 Å². The highest BCUT2D eigenvalue weighted by atomic mass is 19.1. The van der Waals surface area contributed by atoms with E-state index >= 15 is 0 Å². The molecule has 0 amide bonds. The average Bonchev–Trinajstić information content (AvgIpc) is 2.67. The first-order chi connectivity index (χ1) is 12.7. The third kappa shape index (κ3) is 7.36. The van der Waals surface area contributed by atoms with Gasteiger partial charge in [0.25, 0.3) is 0 Å². The highest BCUT2D eigenvalue weighted by Crippen LogP contribution is 2.34. The van der Waals surface area contributed by atoms with Gasteiger partial charge in [0, 0.05) is 0 Å². The van der Waals surface area contributed by atoms with Crippen molar-refractivity contribution in [1.82, 2.24) is 0 Å². The second kappa shape index (κ2) is 11.9. The van der Waals surface area contributed by atoms with Crippen molar-refractivity contribution in [3.05, 3.63) is 29.6 Å². The van der Waals surface area contributed by atoms with E-state index < -0.39 is 5.82 Å². The Hall–Kier alpha value is -1.56. The molecule has 1 aromatic carbocycles. The first kappa shape index (κ1) is 20.7. The molecule has 0 radical (unpaired) electrons. The number of benzene rings is 1. The number of nitrogens with zero attached hydrogens (tertiary/aromatic N) is 1. The van der Waals surface area contributed by atoms with Crippen LogP contribution in [0.2, 0.25) is 0 Å². The van der Waals surface area contributed by atoms with E-state index in [-0.39, 0.29) is 5.75 Å². The van der Waals surface area contributed by atoms with E-state index in [1.807, 2.05) is 6.07 Å². The van der Waals surface area contributed by atoms with Gasteiger partial charge in [-0.05, 0) is 42.9 Å². The first-order valence-electron chi connectivity index (χ1n) is 10.6. The molecular formula is C23H34FNO. The number of hydrogen-bond acceptors (Lipinski definition) is 2. The van der Waals surface area contributed by atoms with E-state index in [0.717, 1.165) is 18.3 Å². The minimum absolute atomic E-state index is 0.260. The van der Waals surface area contributed by atoms with Gasteiger partial charge in [-0.3, -0.25) is 0 Å². The Morgan fingerprint density at radius 3 is 2.27 bits per heavy atom. The molecule has 2 rings (SSSR count). The Morgan fingerprint density at radius 1 is 1.00 bits per heavy atom. The van der Waals surface area contributed by atoms with Crippen LogP contribution < -0.4 is 4.74 Å². The summed E-state index contributed by atoms with van der Waals surface area (Å²) >= 11 is 0. The summed E-state index contributed by atoms with van der Waals surface area (Å²) < 4.78 is 19.3. The Kier molecular flexibility index (Phi) is 9.53.